The van der Waals surface area contributed by atoms with Crippen LogP contribution in [0.1, 0.15) is 5.56 Å². The van der Waals surface area contributed by atoms with E-state index in [1.54, 1.807) is 0 Å². The summed E-state index contributed by atoms with van der Waals surface area (Å²) in [4.78, 5) is 21.8. The fourth-order valence-electron chi connectivity index (χ4n) is 2.25. The molecule has 1 N–H and O–H groups in total. The predicted octanol–water partition coefficient (Wildman–Crippen LogP) is 2.35. The summed E-state index contributed by atoms with van der Waals surface area (Å²) in [6, 6.07) is 13.2. The Kier molecular flexibility index (Phi) is 7.34. The lowest BCUT2D eigenvalue weighted by molar-refractivity contribution is -0.387. The molecule has 27 heavy (non-hydrogen) atoms. The zero-order valence-electron chi connectivity index (χ0n) is 14.4. The number of thioether (sulfide) groups is 1. The zero-order valence-corrected chi connectivity index (χ0v) is 16.0. The van der Waals surface area contributed by atoms with Gasteiger partial charge in [-0.2, -0.15) is 16.5 Å². The Morgan fingerprint density at radius 2 is 1.81 bits per heavy atom. The van der Waals surface area contributed by atoms with Crippen LogP contribution in [0, 0.1) is 10.1 Å². The van der Waals surface area contributed by atoms with Gasteiger partial charge in [0, 0.05) is 17.6 Å². The molecule has 0 aliphatic carbocycles. The Balaban J connectivity index is 2.15. The number of nitro benzene ring substituents is 1. The third-order valence-electron chi connectivity index (χ3n) is 3.53. The van der Waals surface area contributed by atoms with Crippen LogP contribution < -0.4 is 4.72 Å². The maximum atomic E-state index is 12.6. The van der Waals surface area contributed by atoms with Gasteiger partial charge in [0.2, 0.25) is 10.0 Å². The Morgan fingerprint density at radius 3 is 2.44 bits per heavy atom. The van der Waals surface area contributed by atoms with Gasteiger partial charge in [-0.15, -0.1) is 0 Å². The average Bonchev–Trinajstić information content (AvgIpc) is 2.67. The van der Waals surface area contributed by atoms with Gasteiger partial charge < -0.3 is 4.74 Å². The van der Waals surface area contributed by atoms with Gasteiger partial charge in [-0.1, -0.05) is 42.5 Å². The van der Waals surface area contributed by atoms with Crippen LogP contribution in [0.15, 0.2) is 59.5 Å². The molecule has 0 saturated heterocycles. The fourth-order valence-corrected chi connectivity index (χ4v) is 4.71. The summed E-state index contributed by atoms with van der Waals surface area (Å²) in [5, 5.41) is 11.1. The molecule has 0 amide bonds. The number of para-hydroxylation sites is 1. The minimum atomic E-state index is -4.29. The van der Waals surface area contributed by atoms with E-state index >= 15 is 0 Å². The standard InChI is InChI=1S/C17H18N2O6S2/c1-25-17(20)14(12-26-11-13-7-3-2-4-8-13)18-27(23,24)16-10-6-5-9-15(16)19(21)22/h2-10,14,18H,11-12H2,1H3/t14-/m0/s1. The lowest BCUT2D eigenvalue weighted by Gasteiger charge is -2.16. The lowest BCUT2D eigenvalue weighted by Crippen LogP contribution is -2.43. The fraction of sp³-hybridized carbons (Fsp3) is 0.235. The molecule has 0 fully saturated rings. The van der Waals surface area contributed by atoms with E-state index in [0.717, 1.165) is 24.8 Å². The molecule has 0 heterocycles. The maximum absolute atomic E-state index is 12.6. The summed E-state index contributed by atoms with van der Waals surface area (Å²) in [5.41, 5.74) is 0.457. The third-order valence-corrected chi connectivity index (χ3v) is 6.16. The van der Waals surface area contributed by atoms with Crippen LogP contribution in [-0.4, -0.2) is 38.2 Å². The number of hydrogen-bond acceptors (Lipinski definition) is 7. The first kappa shape index (κ1) is 20.9. The Labute approximate surface area is 161 Å². The molecule has 10 heteroatoms. The minimum Gasteiger partial charge on any atom is -0.468 e. The SMILES string of the molecule is COC(=O)[C@H](CSCc1ccccc1)NS(=O)(=O)c1ccccc1[N+](=O)[O-]. The van der Waals surface area contributed by atoms with Crippen molar-refractivity contribution in [3.05, 3.63) is 70.3 Å². The topological polar surface area (TPSA) is 116 Å². The Bertz CT molecular complexity index is 903. The molecule has 0 aliphatic heterocycles. The second kappa shape index (κ2) is 9.49. The number of methoxy groups -OCH3 is 1. The monoisotopic (exact) mass is 410 g/mol. The largest absolute Gasteiger partial charge is 0.468 e. The van der Waals surface area contributed by atoms with Crippen molar-refractivity contribution in [1.82, 2.24) is 4.72 Å². The molecule has 0 aromatic heterocycles. The smallest absolute Gasteiger partial charge is 0.324 e. The van der Waals surface area contributed by atoms with E-state index < -0.39 is 37.5 Å². The van der Waals surface area contributed by atoms with Gasteiger partial charge >= 0.3 is 5.97 Å². The Morgan fingerprint density at radius 1 is 1.19 bits per heavy atom. The quantitative estimate of drug-likeness (QED) is 0.383. The molecule has 0 spiro atoms. The highest BCUT2D eigenvalue weighted by Gasteiger charge is 2.31. The van der Waals surface area contributed by atoms with Crippen LogP contribution in [0.4, 0.5) is 5.69 Å². The van der Waals surface area contributed by atoms with Gasteiger partial charge in [-0.05, 0) is 11.6 Å². The van der Waals surface area contributed by atoms with Gasteiger partial charge in [0.15, 0.2) is 4.90 Å². The first-order valence-electron chi connectivity index (χ1n) is 7.80. The molecule has 0 unspecified atom stereocenters. The second-order valence-electron chi connectivity index (χ2n) is 5.42. The van der Waals surface area contributed by atoms with E-state index in [1.165, 1.54) is 23.9 Å². The molecule has 0 radical (unpaired) electrons. The lowest BCUT2D eigenvalue weighted by atomic mass is 10.2. The summed E-state index contributed by atoms with van der Waals surface area (Å²) >= 11 is 1.34. The maximum Gasteiger partial charge on any atom is 0.324 e. The van der Waals surface area contributed by atoms with Gasteiger partial charge in [-0.25, -0.2) is 8.42 Å². The van der Waals surface area contributed by atoms with Crippen LogP contribution in [0.3, 0.4) is 0 Å². The zero-order chi connectivity index (χ0) is 19.9. The summed E-state index contributed by atoms with van der Waals surface area (Å²) in [6.07, 6.45) is 0. The van der Waals surface area contributed by atoms with Crippen LogP contribution >= 0.6 is 11.8 Å². The highest BCUT2D eigenvalue weighted by atomic mass is 32.2. The number of nitro groups is 1. The number of nitrogens with one attached hydrogen (secondary N) is 1. The number of hydrogen-bond donors (Lipinski definition) is 1. The van der Waals surface area contributed by atoms with Gasteiger partial charge in [0.05, 0.1) is 12.0 Å². The van der Waals surface area contributed by atoms with Crippen molar-refractivity contribution in [2.75, 3.05) is 12.9 Å². The molecular formula is C17H18N2O6S2. The Hall–Kier alpha value is -2.43. The van der Waals surface area contributed by atoms with Crippen molar-refractivity contribution in [3.8, 4) is 0 Å². The van der Waals surface area contributed by atoms with Crippen LogP contribution in [0.5, 0.6) is 0 Å². The first-order chi connectivity index (χ1) is 12.8. The van der Waals surface area contributed by atoms with E-state index in [2.05, 4.69) is 9.46 Å². The summed E-state index contributed by atoms with van der Waals surface area (Å²) in [5.74, 6) is -0.0825. The number of esters is 1. The number of ether oxygens (including phenoxy) is 1. The molecule has 0 aliphatic rings. The van der Waals surface area contributed by atoms with E-state index in [4.69, 9.17) is 0 Å². The van der Waals surface area contributed by atoms with Crippen LogP contribution in [-0.2, 0) is 25.3 Å². The van der Waals surface area contributed by atoms with E-state index in [1.807, 2.05) is 30.3 Å². The molecule has 144 valence electrons. The molecule has 0 saturated carbocycles. The van der Waals surface area contributed by atoms with Crippen molar-refractivity contribution in [2.45, 2.75) is 16.7 Å². The van der Waals surface area contributed by atoms with Crippen molar-refractivity contribution < 1.29 is 22.9 Å². The average molecular weight is 410 g/mol. The highest BCUT2D eigenvalue weighted by Crippen LogP contribution is 2.23. The van der Waals surface area contributed by atoms with Crippen molar-refractivity contribution >= 4 is 33.4 Å². The molecule has 2 aromatic carbocycles. The third kappa shape index (κ3) is 5.78. The van der Waals surface area contributed by atoms with Gasteiger partial charge in [-0.3, -0.25) is 14.9 Å². The van der Waals surface area contributed by atoms with Gasteiger partial charge in [0.1, 0.15) is 6.04 Å². The number of sulfonamides is 1. The van der Waals surface area contributed by atoms with Crippen molar-refractivity contribution in [1.29, 1.82) is 0 Å². The minimum absolute atomic E-state index is 0.113. The molecule has 1 atom stereocenters. The van der Waals surface area contributed by atoms with E-state index in [9.17, 15) is 23.3 Å². The number of carbonyl (C=O) groups is 1. The van der Waals surface area contributed by atoms with Crippen LogP contribution in [0.2, 0.25) is 0 Å². The van der Waals surface area contributed by atoms with Crippen molar-refractivity contribution in [3.63, 3.8) is 0 Å². The second-order valence-corrected chi connectivity index (χ2v) is 8.14. The van der Waals surface area contributed by atoms with Crippen molar-refractivity contribution in [2.24, 2.45) is 0 Å². The molecule has 0 bridgehead atoms. The molecule has 2 rings (SSSR count). The summed E-state index contributed by atoms with van der Waals surface area (Å²) in [7, 11) is -3.14. The normalized spacial score (nSPS) is 12.3. The number of carbonyl (C=O) groups excluding carboxylic acids is 1. The number of nitrogens with zero attached hydrogens (tertiary/aromatic N) is 1. The molecule has 8 nitrogen and oxygen atoms in total. The molecule has 2 aromatic rings. The number of rotatable bonds is 9. The summed E-state index contributed by atoms with van der Waals surface area (Å²) < 4.78 is 32.1. The van der Waals surface area contributed by atoms with Gasteiger partial charge in [0.25, 0.3) is 5.69 Å². The number of benzene rings is 2. The predicted molar refractivity (Wildman–Crippen MR) is 102 cm³/mol. The summed E-state index contributed by atoms with van der Waals surface area (Å²) in [6.45, 7) is 0. The molecular weight excluding hydrogens is 392 g/mol. The van der Waals surface area contributed by atoms with E-state index in [-0.39, 0.29) is 5.75 Å². The first-order valence-corrected chi connectivity index (χ1v) is 10.4. The van der Waals surface area contributed by atoms with Crippen LogP contribution in [0.25, 0.3) is 0 Å². The van der Waals surface area contributed by atoms with E-state index in [0.29, 0.717) is 5.75 Å². The highest BCUT2D eigenvalue weighted by molar-refractivity contribution is 7.98.